The molecule has 0 spiro atoms. The molecule has 0 saturated heterocycles. The molecular weight excluding hydrogens is 541 g/mol. The van der Waals surface area contributed by atoms with Crippen LogP contribution in [0.5, 0.6) is 5.75 Å². The molecule has 0 radical (unpaired) electrons. The average molecular weight is 565 g/mol. The van der Waals surface area contributed by atoms with Crippen molar-refractivity contribution in [2.75, 3.05) is 6.54 Å². The second kappa shape index (κ2) is 13.5. The van der Waals surface area contributed by atoms with Crippen LogP contribution in [-0.2, 0) is 4.79 Å². The summed E-state index contributed by atoms with van der Waals surface area (Å²) >= 11 is 5.76. The van der Waals surface area contributed by atoms with E-state index < -0.39 is 54.8 Å². The van der Waals surface area contributed by atoms with Gasteiger partial charge in [-0.05, 0) is 36.8 Å². The molecule has 0 unspecified atom stereocenters. The number of amides is 1. The minimum atomic E-state index is -4.89. The zero-order valence-corrected chi connectivity index (χ0v) is 21.0. The molecule has 2 aromatic carbocycles. The summed E-state index contributed by atoms with van der Waals surface area (Å²) in [4.78, 5) is 15.7. The van der Waals surface area contributed by atoms with E-state index in [9.17, 15) is 35.5 Å². The molecule has 3 rings (SSSR count). The van der Waals surface area contributed by atoms with Crippen molar-refractivity contribution in [3.05, 3.63) is 94.5 Å². The summed E-state index contributed by atoms with van der Waals surface area (Å²) < 4.78 is 96.3. The van der Waals surface area contributed by atoms with Gasteiger partial charge in [0.25, 0.3) is 5.91 Å². The van der Waals surface area contributed by atoms with Crippen LogP contribution in [-0.4, -0.2) is 35.9 Å². The zero-order valence-electron chi connectivity index (χ0n) is 20.2. The molecule has 12 heteroatoms. The number of aryl methyl sites for hydroxylation is 1. The van der Waals surface area contributed by atoms with Crippen molar-refractivity contribution in [1.82, 2.24) is 10.3 Å². The van der Waals surface area contributed by atoms with Gasteiger partial charge in [-0.15, -0.1) is 0 Å². The third-order valence-electron chi connectivity index (χ3n) is 5.09. The van der Waals surface area contributed by atoms with Gasteiger partial charge in [-0.3, -0.25) is 9.78 Å². The summed E-state index contributed by atoms with van der Waals surface area (Å²) in [5.74, 6) is -8.45. The predicted octanol–water partition coefficient (Wildman–Crippen LogP) is 7.40. The molecule has 0 aliphatic rings. The normalized spacial score (nSPS) is 12.4. The van der Waals surface area contributed by atoms with Crippen molar-refractivity contribution >= 4 is 17.5 Å². The van der Waals surface area contributed by atoms with E-state index in [4.69, 9.17) is 11.6 Å². The highest BCUT2D eigenvalue weighted by Gasteiger charge is 2.44. The Morgan fingerprint density at radius 3 is 2.21 bits per heavy atom. The smallest absolute Gasteiger partial charge is 0.428 e. The van der Waals surface area contributed by atoms with Gasteiger partial charge in [-0.1, -0.05) is 54.4 Å². The quantitative estimate of drug-likeness (QED) is 0.276. The molecule has 1 atom stereocenters. The summed E-state index contributed by atoms with van der Waals surface area (Å²) in [6, 6.07) is 15.1. The molecule has 1 amide bonds. The lowest BCUT2D eigenvalue weighted by Crippen LogP contribution is -2.41. The minimum Gasteiger partial charge on any atom is -0.428 e. The SMILES string of the molecule is CCC(F)(F)C(=O)NC[C@@H](c1cc(F)cc(OC(F)(F)C(F)F)c1)c1ccc(Cl)cn1.Cc1ccccc1. The molecule has 38 heavy (non-hydrogen) atoms. The molecule has 1 heterocycles. The van der Waals surface area contributed by atoms with Crippen molar-refractivity contribution in [2.45, 2.75) is 44.6 Å². The molecular formula is C26H24ClF7N2O2. The number of nitrogens with one attached hydrogen (secondary N) is 1. The molecule has 0 bridgehead atoms. The van der Waals surface area contributed by atoms with Crippen LogP contribution in [0.25, 0.3) is 0 Å². The second-order valence-electron chi connectivity index (χ2n) is 8.06. The van der Waals surface area contributed by atoms with E-state index >= 15 is 0 Å². The van der Waals surface area contributed by atoms with Crippen molar-refractivity contribution < 1.29 is 40.3 Å². The molecule has 4 nitrogen and oxygen atoms in total. The fourth-order valence-corrected chi connectivity index (χ4v) is 3.16. The number of nitrogens with zero attached hydrogens (tertiary/aromatic N) is 1. The number of pyridine rings is 1. The van der Waals surface area contributed by atoms with Gasteiger partial charge < -0.3 is 10.1 Å². The van der Waals surface area contributed by atoms with Gasteiger partial charge in [0, 0.05) is 36.8 Å². The van der Waals surface area contributed by atoms with Crippen LogP contribution in [0.1, 0.15) is 36.1 Å². The number of benzene rings is 2. The lowest BCUT2D eigenvalue weighted by molar-refractivity contribution is -0.253. The molecule has 206 valence electrons. The van der Waals surface area contributed by atoms with Crippen molar-refractivity contribution in [1.29, 1.82) is 0 Å². The lowest BCUT2D eigenvalue weighted by Gasteiger charge is -2.22. The zero-order chi connectivity index (χ0) is 28.5. The Kier molecular flexibility index (Phi) is 10.9. The molecule has 0 saturated carbocycles. The molecule has 0 fully saturated rings. The highest BCUT2D eigenvalue weighted by molar-refractivity contribution is 6.30. The average Bonchev–Trinajstić information content (AvgIpc) is 2.85. The van der Waals surface area contributed by atoms with E-state index in [1.165, 1.54) is 23.9 Å². The van der Waals surface area contributed by atoms with E-state index in [0.717, 1.165) is 19.1 Å². The third kappa shape index (κ3) is 9.20. The van der Waals surface area contributed by atoms with E-state index in [0.29, 0.717) is 6.07 Å². The first-order valence-corrected chi connectivity index (χ1v) is 11.6. The molecule has 1 N–H and O–H groups in total. The Hall–Kier alpha value is -3.34. The first-order valence-electron chi connectivity index (χ1n) is 11.2. The van der Waals surface area contributed by atoms with Gasteiger partial charge in [0.05, 0.1) is 5.02 Å². The number of rotatable bonds is 9. The summed E-state index contributed by atoms with van der Waals surface area (Å²) in [5, 5.41) is 2.21. The van der Waals surface area contributed by atoms with Gasteiger partial charge in [0.2, 0.25) is 0 Å². The van der Waals surface area contributed by atoms with Gasteiger partial charge in [-0.2, -0.15) is 26.3 Å². The fraction of sp³-hybridized carbons (Fsp3) is 0.308. The molecule has 0 aliphatic heterocycles. The van der Waals surface area contributed by atoms with Crippen molar-refractivity contribution in [2.24, 2.45) is 0 Å². The Bertz CT molecular complexity index is 1180. The Labute approximate surface area is 219 Å². The maximum atomic E-state index is 14.0. The maximum Gasteiger partial charge on any atom is 0.461 e. The lowest BCUT2D eigenvalue weighted by atomic mass is 9.94. The third-order valence-corrected chi connectivity index (χ3v) is 5.32. The van der Waals surface area contributed by atoms with Gasteiger partial charge in [0.15, 0.2) is 0 Å². The topological polar surface area (TPSA) is 51.2 Å². The highest BCUT2D eigenvalue weighted by Crippen LogP contribution is 2.32. The summed E-state index contributed by atoms with van der Waals surface area (Å²) in [7, 11) is 0. The summed E-state index contributed by atoms with van der Waals surface area (Å²) in [6.07, 6.45) is -8.66. The number of hydrogen-bond donors (Lipinski definition) is 1. The number of ether oxygens (including phenoxy) is 1. The van der Waals surface area contributed by atoms with Crippen molar-refractivity contribution in [3.63, 3.8) is 0 Å². The Morgan fingerprint density at radius 2 is 1.71 bits per heavy atom. The molecule has 0 aliphatic carbocycles. The van der Waals surface area contributed by atoms with E-state index in [2.05, 4.69) is 28.8 Å². The first kappa shape index (κ1) is 30.9. The van der Waals surface area contributed by atoms with Crippen LogP contribution in [0.4, 0.5) is 30.7 Å². The van der Waals surface area contributed by atoms with Gasteiger partial charge in [0.1, 0.15) is 11.6 Å². The largest absolute Gasteiger partial charge is 0.461 e. The molecule has 3 aromatic rings. The van der Waals surface area contributed by atoms with Crippen LogP contribution in [0, 0.1) is 12.7 Å². The van der Waals surface area contributed by atoms with Crippen molar-refractivity contribution in [3.8, 4) is 5.75 Å². The maximum absolute atomic E-state index is 14.0. The van der Waals surface area contributed by atoms with E-state index in [1.807, 2.05) is 23.5 Å². The Morgan fingerprint density at radius 1 is 1.05 bits per heavy atom. The second-order valence-corrected chi connectivity index (χ2v) is 8.50. The molecule has 1 aromatic heterocycles. The van der Waals surface area contributed by atoms with Crippen LogP contribution >= 0.6 is 11.6 Å². The fourth-order valence-electron chi connectivity index (χ4n) is 3.05. The number of carbonyl (C=O) groups is 1. The monoisotopic (exact) mass is 564 g/mol. The van der Waals surface area contributed by atoms with Gasteiger partial charge >= 0.3 is 18.5 Å². The minimum absolute atomic E-state index is 0.113. The standard InChI is InChI=1S/C19H16ClF7N2O2.C7H8/c1-2-18(24,25)17(30)29-9-14(15-4-3-11(20)8-28-15)10-5-12(21)7-13(6-10)31-19(26,27)16(22)23;1-7-5-3-2-4-6-7/h3-8,14,16H,2,9H2,1H3,(H,29,30);2-6H,1H3/t14-;/m0./s1. The highest BCUT2D eigenvalue weighted by atomic mass is 35.5. The van der Waals surface area contributed by atoms with E-state index in [-0.39, 0.29) is 16.3 Å². The Balaban J connectivity index is 0.000000624. The van der Waals surface area contributed by atoms with Crippen LogP contribution in [0.3, 0.4) is 0 Å². The number of aromatic nitrogens is 1. The van der Waals surface area contributed by atoms with Gasteiger partial charge in [-0.25, -0.2) is 4.39 Å². The van der Waals surface area contributed by atoms with Crippen LogP contribution < -0.4 is 10.1 Å². The number of carbonyl (C=O) groups excluding carboxylic acids is 1. The van der Waals surface area contributed by atoms with E-state index in [1.54, 1.807) is 0 Å². The first-order chi connectivity index (χ1) is 17.7. The predicted molar refractivity (Wildman–Crippen MR) is 128 cm³/mol. The summed E-state index contributed by atoms with van der Waals surface area (Å²) in [5.41, 5.74) is 1.29. The number of halogens is 8. The number of hydrogen-bond acceptors (Lipinski definition) is 3. The van der Waals surface area contributed by atoms with Crippen LogP contribution in [0.2, 0.25) is 5.02 Å². The van der Waals surface area contributed by atoms with Crippen LogP contribution in [0.15, 0.2) is 66.9 Å². The summed E-state index contributed by atoms with van der Waals surface area (Å²) in [6.45, 7) is 2.65. The number of alkyl halides is 6.